The van der Waals surface area contributed by atoms with E-state index in [0.717, 1.165) is 18.2 Å². The van der Waals surface area contributed by atoms with Gasteiger partial charge in [-0.3, -0.25) is 15.4 Å². The van der Waals surface area contributed by atoms with Gasteiger partial charge >= 0.3 is 6.09 Å². The summed E-state index contributed by atoms with van der Waals surface area (Å²) in [7, 11) is 0. The lowest BCUT2D eigenvalue weighted by Gasteiger charge is -2.06. The molecule has 8 heteroatoms. The molecule has 0 aromatic heterocycles. The van der Waals surface area contributed by atoms with Crippen LogP contribution in [0, 0.1) is 15.9 Å². The first-order valence-electron chi connectivity index (χ1n) is 5.64. The summed E-state index contributed by atoms with van der Waals surface area (Å²) in [5.41, 5.74) is -0.186. The zero-order valence-electron chi connectivity index (χ0n) is 10.4. The average Bonchev–Trinajstić information content (AvgIpc) is 2.43. The Morgan fingerprint density at radius 2 is 1.90 bits per heavy atom. The molecule has 0 saturated heterocycles. The van der Waals surface area contributed by atoms with Gasteiger partial charge in [-0.1, -0.05) is 11.6 Å². The molecule has 0 fully saturated rings. The molecule has 0 aliphatic heterocycles. The number of hydrogen-bond acceptors (Lipinski definition) is 4. The van der Waals surface area contributed by atoms with Crippen molar-refractivity contribution in [3.05, 3.63) is 63.4 Å². The molecule has 1 N–H and O–H groups in total. The highest BCUT2D eigenvalue weighted by Gasteiger charge is 2.14. The van der Waals surface area contributed by atoms with E-state index >= 15 is 0 Å². The number of nitro groups is 1. The van der Waals surface area contributed by atoms with Gasteiger partial charge in [-0.15, -0.1) is 0 Å². The third kappa shape index (κ3) is 3.90. The quantitative estimate of drug-likeness (QED) is 0.686. The molecule has 21 heavy (non-hydrogen) atoms. The summed E-state index contributed by atoms with van der Waals surface area (Å²) in [4.78, 5) is 21.7. The van der Waals surface area contributed by atoms with Crippen LogP contribution in [0.15, 0.2) is 42.5 Å². The number of benzene rings is 2. The Hall–Kier alpha value is -2.67. The first kappa shape index (κ1) is 14.7. The predicted molar refractivity (Wildman–Crippen MR) is 74.2 cm³/mol. The van der Waals surface area contributed by atoms with Crippen LogP contribution in [0.4, 0.5) is 20.6 Å². The predicted octanol–water partition coefficient (Wildman–Crippen LogP) is 4.00. The first-order valence-corrected chi connectivity index (χ1v) is 6.02. The number of halogens is 2. The van der Waals surface area contributed by atoms with E-state index in [1.165, 1.54) is 24.3 Å². The molecule has 6 nitrogen and oxygen atoms in total. The Morgan fingerprint density at radius 1 is 1.24 bits per heavy atom. The summed E-state index contributed by atoms with van der Waals surface area (Å²) in [6.45, 7) is 0. The number of amides is 1. The standard InChI is InChI=1S/C13H8ClFN2O4/c14-11-6-3-9(7-12(11)17(19)20)16-13(18)21-10-4-1-8(15)2-5-10/h1-7H,(H,16,18). The monoisotopic (exact) mass is 310 g/mol. The fourth-order valence-electron chi connectivity index (χ4n) is 1.48. The number of hydrogen-bond donors (Lipinski definition) is 1. The van der Waals surface area contributed by atoms with Gasteiger partial charge in [0.2, 0.25) is 0 Å². The van der Waals surface area contributed by atoms with Crippen molar-refractivity contribution in [3.63, 3.8) is 0 Å². The van der Waals surface area contributed by atoms with Crippen molar-refractivity contribution >= 4 is 29.1 Å². The van der Waals surface area contributed by atoms with E-state index in [1.54, 1.807) is 0 Å². The maximum atomic E-state index is 12.7. The second-order valence-electron chi connectivity index (χ2n) is 3.89. The molecule has 2 aromatic rings. The second-order valence-corrected chi connectivity index (χ2v) is 4.30. The molecule has 0 spiro atoms. The highest BCUT2D eigenvalue weighted by Crippen LogP contribution is 2.27. The molecule has 0 saturated carbocycles. The highest BCUT2D eigenvalue weighted by atomic mass is 35.5. The van der Waals surface area contributed by atoms with Crippen LogP contribution < -0.4 is 10.1 Å². The zero-order valence-corrected chi connectivity index (χ0v) is 11.1. The van der Waals surface area contributed by atoms with Crippen LogP contribution in [0.2, 0.25) is 5.02 Å². The molecule has 2 aromatic carbocycles. The van der Waals surface area contributed by atoms with Crippen LogP contribution in [0.25, 0.3) is 0 Å². The summed E-state index contributed by atoms with van der Waals surface area (Å²) in [6.07, 6.45) is -0.863. The van der Waals surface area contributed by atoms with E-state index in [0.29, 0.717) is 0 Å². The number of carbonyl (C=O) groups is 1. The summed E-state index contributed by atoms with van der Waals surface area (Å²) >= 11 is 5.65. The Kier molecular flexibility index (Phi) is 4.34. The minimum atomic E-state index is -0.863. The third-order valence-corrected chi connectivity index (χ3v) is 2.73. The third-order valence-electron chi connectivity index (χ3n) is 2.41. The molecule has 1 amide bonds. The summed E-state index contributed by atoms with van der Waals surface area (Å²) in [6, 6.07) is 8.60. The maximum Gasteiger partial charge on any atom is 0.417 e. The number of nitrogens with one attached hydrogen (secondary N) is 1. The fraction of sp³-hybridized carbons (Fsp3) is 0. The molecule has 0 radical (unpaired) electrons. The lowest BCUT2D eigenvalue weighted by molar-refractivity contribution is -0.384. The zero-order chi connectivity index (χ0) is 15.4. The van der Waals surface area contributed by atoms with E-state index in [2.05, 4.69) is 5.32 Å². The van der Waals surface area contributed by atoms with Crippen LogP contribution in [0.3, 0.4) is 0 Å². The van der Waals surface area contributed by atoms with Crippen molar-refractivity contribution in [1.82, 2.24) is 0 Å². The molecular formula is C13H8ClFN2O4. The number of carbonyl (C=O) groups excluding carboxylic acids is 1. The molecule has 2 rings (SSSR count). The van der Waals surface area contributed by atoms with Gasteiger partial charge in [0, 0.05) is 6.07 Å². The number of ether oxygens (including phenoxy) is 1. The Morgan fingerprint density at radius 3 is 2.52 bits per heavy atom. The Bertz CT molecular complexity index is 691. The smallest absolute Gasteiger partial charge is 0.410 e. The molecule has 0 aliphatic carbocycles. The fourth-order valence-corrected chi connectivity index (χ4v) is 1.67. The van der Waals surface area contributed by atoms with Crippen molar-refractivity contribution in [3.8, 4) is 5.75 Å². The van der Waals surface area contributed by atoms with Crippen molar-refractivity contribution < 1.29 is 18.8 Å². The van der Waals surface area contributed by atoms with Gasteiger partial charge in [0.15, 0.2) is 0 Å². The lowest BCUT2D eigenvalue weighted by atomic mass is 10.3. The molecule has 0 unspecified atom stereocenters. The van der Waals surface area contributed by atoms with E-state index in [-0.39, 0.29) is 22.1 Å². The summed E-state index contributed by atoms with van der Waals surface area (Å²) in [5.74, 6) is -0.326. The van der Waals surface area contributed by atoms with Crippen molar-refractivity contribution in [2.45, 2.75) is 0 Å². The molecule has 0 bridgehead atoms. The van der Waals surface area contributed by atoms with Crippen LogP contribution in [-0.4, -0.2) is 11.0 Å². The number of rotatable bonds is 3. The first-order chi connectivity index (χ1) is 9.95. The number of anilines is 1. The van der Waals surface area contributed by atoms with Gasteiger partial charge in [-0.05, 0) is 36.4 Å². The molecule has 0 heterocycles. The van der Waals surface area contributed by atoms with Gasteiger partial charge in [-0.25, -0.2) is 9.18 Å². The van der Waals surface area contributed by atoms with E-state index in [1.807, 2.05) is 0 Å². The molecular weight excluding hydrogens is 303 g/mol. The second kappa shape index (κ2) is 6.19. The normalized spacial score (nSPS) is 10.0. The van der Waals surface area contributed by atoms with E-state index in [4.69, 9.17) is 16.3 Å². The van der Waals surface area contributed by atoms with Gasteiger partial charge in [-0.2, -0.15) is 0 Å². The number of nitrogens with zero attached hydrogens (tertiary/aromatic N) is 1. The van der Waals surface area contributed by atoms with Crippen molar-refractivity contribution in [2.24, 2.45) is 0 Å². The van der Waals surface area contributed by atoms with Gasteiger partial charge in [0.25, 0.3) is 5.69 Å². The Balaban J connectivity index is 2.07. The number of nitro benzene ring substituents is 1. The van der Waals surface area contributed by atoms with Crippen LogP contribution >= 0.6 is 11.6 Å². The van der Waals surface area contributed by atoms with Crippen LogP contribution in [0.1, 0.15) is 0 Å². The maximum absolute atomic E-state index is 12.7. The molecule has 108 valence electrons. The topological polar surface area (TPSA) is 81.5 Å². The van der Waals surface area contributed by atoms with E-state index in [9.17, 15) is 19.3 Å². The largest absolute Gasteiger partial charge is 0.417 e. The summed E-state index contributed by atoms with van der Waals surface area (Å²) in [5, 5.41) is 13.0. The lowest BCUT2D eigenvalue weighted by Crippen LogP contribution is -2.16. The van der Waals surface area contributed by atoms with Crippen molar-refractivity contribution in [2.75, 3.05) is 5.32 Å². The van der Waals surface area contributed by atoms with Crippen molar-refractivity contribution in [1.29, 1.82) is 0 Å². The van der Waals surface area contributed by atoms with E-state index < -0.39 is 16.8 Å². The van der Waals surface area contributed by atoms with Gasteiger partial charge in [0.1, 0.15) is 16.6 Å². The molecule has 0 atom stereocenters. The Labute approximate surface area is 123 Å². The van der Waals surface area contributed by atoms with Crippen LogP contribution in [-0.2, 0) is 0 Å². The van der Waals surface area contributed by atoms with Crippen LogP contribution in [0.5, 0.6) is 5.75 Å². The minimum Gasteiger partial charge on any atom is -0.410 e. The summed E-state index contributed by atoms with van der Waals surface area (Å²) < 4.78 is 17.6. The molecule has 0 aliphatic rings. The minimum absolute atomic E-state index is 0.0440. The van der Waals surface area contributed by atoms with Gasteiger partial charge < -0.3 is 4.74 Å². The SMILES string of the molecule is O=C(Nc1ccc(Cl)c([N+](=O)[O-])c1)Oc1ccc(F)cc1. The average molecular weight is 311 g/mol. The van der Waals surface area contributed by atoms with Gasteiger partial charge in [0.05, 0.1) is 10.6 Å². The highest BCUT2D eigenvalue weighted by molar-refractivity contribution is 6.32.